The number of alkyl halides is 2. The Labute approximate surface area is 134 Å². The molecule has 2 unspecified atom stereocenters. The van der Waals surface area contributed by atoms with E-state index in [9.17, 15) is 18.7 Å². The third-order valence-corrected chi connectivity index (χ3v) is 4.03. The topological polar surface area (TPSA) is 70.6 Å². The number of urea groups is 1. The lowest BCUT2D eigenvalue weighted by Crippen LogP contribution is -2.43. The van der Waals surface area contributed by atoms with Gasteiger partial charge in [0.05, 0.1) is 0 Å². The summed E-state index contributed by atoms with van der Waals surface area (Å²) in [4.78, 5) is 12.1. The molecule has 0 saturated heterocycles. The van der Waals surface area contributed by atoms with Gasteiger partial charge in [0, 0.05) is 30.3 Å². The largest absolute Gasteiger partial charge is 0.435 e. The van der Waals surface area contributed by atoms with Gasteiger partial charge in [-0.3, -0.25) is 0 Å². The van der Waals surface area contributed by atoms with Crippen molar-refractivity contribution in [1.82, 2.24) is 5.32 Å². The fraction of sp³-hybridized carbons (Fsp3) is 0.562. The first-order valence-electron chi connectivity index (χ1n) is 7.81. The molecule has 1 fully saturated rings. The highest BCUT2D eigenvalue weighted by atomic mass is 19.3. The normalized spacial score (nSPS) is 21.6. The number of halogens is 2. The summed E-state index contributed by atoms with van der Waals surface area (Å²) in [7, 11) is 0. The number of rotatable bonds is 5. The molecule has 0 radical (unpaired) electrons. The van der Waals surface area contributed by atoms with Crippen molar-refractivity contribution < 1.29 is 23.4 Å². The number of carbonyl (C=O) groups excluding carboxylic acids is 1. The van der Waals surface area contributed by atoms with Gasteiger partial charge < -0.3 is 20.5 Å². The van der Waals surface area contributed by atoms with E-state index in [2.05, 4.69) is 15.4 Å². The second kappa shape index (κ2) is 8.67. The van der Waals surface area contributed by atoms with Crippen LogP contribution in [0.5, 0.6) is 5.75 Å². The number of aliphatic hydroxyl groups excluding tert-OH is 1. The van der Waals surface area contributed by atoms with Crippen molar-refractivity contribution in [2.75, 3.05) is 11.9 Å². The zero-order valence-corrected chi connectivity index (χ0v) is 12.8. The van der Waals surface area contributed by atoms with Crippen LogP contribution in [0, 0.1) is 5.92 Å². The first kappa shape index (κ1) is 17.5. The van der Waals surface area contributed by atoms with E-state index in [1.807, 2.05) is 0 Å². The number of hydrogen-bond acceptors (Lipinski definition) is 3. The summed E-state index contributed by atoms with van der Waals surface area (Å²) in [6.07, 6.45) is 4.88. The van der Waals surface area contributed by atoms with Gasteiger partial charge in [-0.15, -0.1) is 0 Å². The van der Waals surface area contributed by atoms with Crippen molar-refractivity contribution in [2.45, 2.75) is 44.8 Å². The quantitative estimate of drug-likeness (QED) is 0.726. The van der Waals surface area contributed by atoms with Crippen molar-refractivity contribution in [2.24, 2.45) is 5.92 Å². The molecule has 1 saturated carbocycles. The Kier molecular flexibility index (Phi) is 6.58. The SMILES string of the molecule is O=C(Nc1cccc(OC(F)F)c1)NC1CCCCCC1CO. The molecule has 23 heavy (non-hydrogen) atoms. The molecule has 5 nitrogen and oxygen atoms in total. The van der Waals surface area contributed by atoms with Crippen molar-refractivity contribution in [3.63, 3.8) is 0 Å². The second-order valence-electron chi connectivity index (χ2n) is 5.69. The predicted octanol–water partition coefficient (Wildman–Crippen LogP) is 3.35. The van der Waals surface area contributed by atoms with E-state index >= 15 is 0 Å². The van der Waals surface area contributed by atoms with Crippen LogP contribution in [0.1, 0.15) is 32.1 Å². The van der Waals surface area contributed by atoms with Crippen LogP contribution in [0.15, 0.2) is 24.3 Å². The fourth-order valence-electron chi connectivity index (χ4n) is 2.88. The summed E-state index contributed by atoms with van der Waals surface area (Å²) >= 11 is 0. The van der Waals surface area contributed by atoms with Crippen LogP contribution >= 0.6 is 0 Å². The molecule has 0 spiro atoms. The maximum Gasteiger partial charge on any atom is 0.387 e. The molecule has 0 aliphatic heterocycles. The number of nitrogens with one attached hydrogen (secondary N) is 2. The predicted molar refractivity (Wildman–Crippen MR) is 82.7 cm³/mol. The average molecular weight is 328 g/mol. The number of benzene rings is 1. The van der Waals surface area contributed by atoms with Crippen molar-refractivity contribution in [1.29, 1.82) is 0 Å². The maximum absolute atomic E-state index is 12.2. The Balaban J connectivity index is 1.93. The Morgan fingerprint density at radius 2 is 2.09 bits per heavy atom. The second-order valence-corrected chi connectivity index (χ2v) is 5.69. The summed E-state index contributed by atoms with van der Waals surface area (Å²) in [5.74, 6) is 0.0391. The van der Waals surface area contributed by atoms with Gasteiger partial charge in [0.15, 0.2) is 0 Å². The summed E-state index contributed by atoms with van der Waals surface area (Å²) in [6, 6.07) is 5.35. The first-order chi connectivity index (χ1) is 11.1. The minimum Gasteiger partial charge on any atom is -0.435 e. The molecule has 1 aliphatic carbocycles. The summed E-state index contributed by atoms with van der Waals surface area (Å²) in [6.45, 7) is -2.86. The molecular formula is C16H22F2N2O3. The zero-order valence-electron chi connectivity index (χ0n) is 12.8. The van der Waals surface area contributed by atoms with E-state index in [0.29, 0.717) is 5.69 Å². The zero-order chi connectivity index (χ0) is 16.7. The van der Waals surface area contributed by atoms with Gasteiger partial charge in [-0.2, -0.15) is 8.78 Å². The minimum atomic E-state index is -2.91. The highest BCUT2D eigenvalue weighted by Gasteiger charge is 2.24. The number of hydrogen-bond donors (Lipinski definition) is 3. The van der Waals surface area contributed by atoms with Crippen molar-refractivity contribution >= 4 is 11.7 Å². The molecule has 7 heteroatoms. The number of ether oxygens (including phenoxy) is 1. The molecule has 0 aromatic heterocycles. The van der Waals surface area contributed by atoms with Crippen LogP contribution in [0.3, 0.4) is 0 Å². The molecule has 0 bridgehead atoms. The van der Waals surface area contributed by atoms with Crippen LogP contribution in [0.25, 0.3) is 0 Å². The Morgan fingerprint density at radius 1 is 1.30 bits per heavy atom. The van der Waals surface area contributed by atoms with Crippen LogP contribution in [0.2, 0.25) is 0 Å². The highest BCUT2D eigenvalue weighted by molar-refractivity contribution is 5.89. The molecule has 1 aromatic carbocycles. The van der Waals surface area contributed by atoms with Gasteiger partial charge in [-0.25, -0.2) is 4.79 Å². The molecule has 2 rings (SSSR count). The van der Waals surface area contributed by atoms with Crippen LogP contribution in [-0.2, 0) is 0 Å². The van der Waals surface area contributed by atoms with Gasteiger partial charge in [0.1, 0.15) is 5.75 Å². The maximum atomic E-state index is 12.2. The lowest BCUT2D eigenvalue weighted by molar-refractivity contribution is -0.0497. The Bertz CT molecular complexity index is 514. The minimum absolute atomic E-state index is 0.0134. The lowest BCUT2D eigenvalue weighted by Gasteiger charge is -2.24. The molecule has 2 atom stereocenters. The molecule has 3 N–H and O–H groups in total. The van der Waals surface area contributed by atoms with E-state index in [4.69, 9.17) is 0 Å². The standard InChI is InChI=1S/C16H22F2N2O3/c17-15(18)23-13-7-4-6-12(9-13)19-16(22)20-14-8-3-1-2-5-11(14)10-21/h4,6-7,9,11,14-15,21H,1-3,5,8,10H2,(H2,19,20,22). The molecule has 0 heterocycles. The van der Waals surface area contributed by atoms with Crippen LogP contribution < -0.4 is 15.4 Å². The van der Waals surface area contributed by atoms with Gasteiger partial charge in [-0.05, 0) is 25.0 Å². The van der Waals surface area contributed by atoms with Gasteiger partial charge in [0.2, 0.25) is 0 Å². The fourth-order valence-corrected chi connectivity index (χ4v) is 2.88. The van der Waals surface area contributed by atoms with Crippen molar-refractivity contribution in [3.05, 3.63) is 24.3 Å². The van der Waals surface area contributed by atoms with Crippen molar-refractivity contribution in [3.8, 4) is 5.75 Å². The van der Waals surface area contributed by atoms with E-state index in [0.717, 1.165) is 32.1 Å². The molecule has 1 aromatic rings. The summed E-state index contributed by atoms with van der Waals surface area (Å²) < 4.78 is 28.7. The van der Waals surface area contributed by atoms with E-state index < -0.39 is 12.6 Å². The monoisotopic (exact) mass is 328 g/mol. The van der Waals surface area contributed by atoms with Crippen LogP contribution in [-0.4, -0.2) is 30.4 Å². The molecule has 1 aliphatic rings. The average Bonchev–Trinajstić information content (AvgIpc) is 2.71. The van der Waals surface area contributed by atoms with Gasteiger partial charge in [0.25, 0.3) is 0 Å². The molecule has 128 valence electrons. The number of amides is 2. The lowest BCUT2D eigenvalue weighted by atomic mass is 9.96. The Hall–Kier alpha value is -1.89. The molecule has 2 amide bonds. The van der Waals surface area contributed by atoms with Gasteiger partial charge in [-0.1, -0.05) is 25.3 Å². The Morgan fingerprint density at radius 3 is 2.83 bits per heavy atom. The first-order valence-corrected chi connectivity index (χ1v) is 7.81. The highest BCUT2D eigenvalue weighted by Crippen LogP contribution is 2.24. The number of aliphatic hydroxyl groups is 1. The summed E-state index contributed by atoms with van der Waals surface area (Å²) in [5, 5.41) is 14.9. The number of anilines is 1. The molecular weight excluding hydrogens is 306 g/mol. The van der Waals surface area contributed by atoms with E-state index in [-0.39, 0.29) is 24.3 Å². The van der Waals surface area contributed by atoms with Crippen LogP contribution in [0.4, 0.5) is 19.3 Å². The smallest absolute Gasteiger partial charge is 0.387 e. The summed E-state index contributed by atoms with van der Waals surface area (Å²) in [5.41, 5.74) is 0.370. The number of carbonyl (C=O) groups is 1. The van der Waals surface area contributed by atoms with E-state index in [1.165, 1.54) is 18.2 Å². The third-order valence-electron chi connectivity index (χ3n) is 4.03. The van der Waals surface area contributed by atoms with E-state index in [1.54, 1.807) is 6.07 Å². The third kappa shape index (κ3) is 5.67. The van der Waals surface area contributed by atoms with Gasteiger partial charge >= 0.3 is 12.6 Å².